The minimum Gasteiger partial charge on any atom is -0.393 e. The van der Waals surface area contributed by atoms with E-state index < -0.39 is 0 Å². The predicted octanol–water partition coefficient (Wildman–Crippen LogP) is 6.42. The van der Waals surface area contributed by atoms with Crippen LogP contribution in [0, 0.1) is 29.1 Å². The summed E-state index contributed by atoms with van der Waals surface area (Å²) in [7, 11) is 0. The molecule has 160 valence electrons. The Morgan fingerprint density at radius 2 is 1.75 bits per heavy atom. The second-order valence-electron chi connectivity index (χ2n) is 10.9. The van der Waals surface area contributed by atoms with Crippen LogP contribution in [0.2, 0.25) is 0 Å². The van der Waals surface area contributed by atoms with Crippen LogP contribution >= 0.6 is 0 Å². The van der Waals surface area contributed by atoms with Crippen LogP contribution in [0.25, 0.3) is 0 Å². The van der Waals surface area contributed by atoms with Gasteiger partial charge in [0.25, 0.3) is 0 Å². The summed E-state index contributed by atoms with van der Waals surface area (Å²) in [5, 5.41) is 19.9. The largest absolute Gasteiger partial charge is 0.393 e. The Bertz CT molecular complexity index is 563. The first kappa shape index (κ1) is 22.1. The quantitative estimate of drug-likeness (QED) is 0.551. The molecule has 0 heterocycles. The van der Waals surface area contributed by atoms with Crippen LogP contribution < -0.4 is 0 Å². The molecule has 3 rings (SSSR count). The van der Waals surface area contributed by atoms with Gasteiger partial charge < -0.3 is 10.2 Å². The standard InChI is InChI=1S/C26H44O2/c1-18(2)7-5-8-19(3)24-12-13-25-21(9-6-14-26(24,25)4)11-10-20-15-22(27)17-23(28)16-20/h10-11,18-19,22-25,27-28H,5-9,12-17H2,1-4H3/b21-11+/t19-,22+,23+,24+,25-,26+/m0/s1. The van der Waals surface area contributed by atoms with Gasteiger partial charge >= 0.3 is 0 Å². The van der Waals surface area contributed by atoms with Crippen molar-refractivity contribution in [3.05, 3.63) is 23.3 Å². The van der Waals surface area contributed by atoms with Crippen molar-refractivity contribution in [2.45, 2.75) is 111 Å². The zero-order valence-electron chi connectivity index (χ0n) is 18.8. The van der Waals surface area contributed by atoms with Gasteiger partial charge in [-0.1, -0.05) is 70.3 Å². The molecule has 3 fully saturated rings. The molecule has 2 N–H and O–H groups in total. The van der Waals surface area contributed by atoms with Crippen molar-refractivity contribution in [3.8, 4) is 0 Å². The van der Waals surface area contributed by atoms with Gasteiger partial charge in [-0.15, -0.1) is 0 Å². The zero-order valence-corrected chi connectivity index (χ0v) is 18.8. The summed E-state index contributed by atoms with van der Waals surface area (Å²) >= 11 is 0. The Balaban J connectivity index is 1.67. The molecule has 28 heavy (non-hydrogen) atoms. The Kier molecular flexibility index (Phi) is 7.48. The number of aliphatic hydroxyl groups is 2. The van der Waals surface area contributed by atoms with E-state index >= 15 is 0 Å². The van der Waals surface area contributed by atoms with Crippen molar-refractivity contribution in [3.63, 3.8) is 0 Å². The van der Waals surface area contributed by atoms with Gasteiger partial charge in [0.15, 0.2) is 0 Å². The van der Waals surface area contributed by atoms with E-state index in [1.54, 1.807) is 5.57 Å². The van der Waals surface area contributed by atoms with Crippen LogP contribution in [0.15, 0.2) is 23.3 Å². The average molecular weight is 389 g/mol. The molecule has 2 nitrogen and oxygen atoms in total. The average Bonchev–Trinajstić information content (AvgIpc) is 2.96. The lowest BCUT2D eigenvalue weighted by molar-refractivity contribution is 0.0609. The third kappa shape index (κ3) is 5.11. The highest BCUT2D eigenvalue weighted by molar-refractivity contribution is 5.26. The van der Waals surface area contributed by atoms with Crippen LogP contribution in [0.1, 0.15) is 98.3 Å². The summed E-state index contributed by atoms with van der Waals surface area (Å²) in [4.78, 5) is 0. The fraction of sp³-hybridized carbons (Fsp3) is 0.846. The molecule has 0 aromatic carbocycles. The predicted molar refractivity (Wildman–Crippen MR) is 118 cm³/mol. The number of fused-ring (bicyclic) bond motifs is 1. The number of hydrogen-bond donors (Lipinski definition) is 2. The molecule has 0 aromatic rings. The lowest BCUT2D eigenvalue weighted by atomic mass is 9.60. The summed E-state index contributed by atoms with van der Waals surface area (Å²) in [6, 6.07) is 0. The summed E-state index contributed by atoms with van der Waals surface area (Å²) in [5.74, 6) is 3.29. The topological polar surface area (TPSA) is 40.5 Å². The van der Waals surface area contributed by atoms with Gasteiger partial charge in [0.1, 0.15) is 0 Å². The zero-order chi connectivity index (χ0) is 20.3. The number of allylic oxidation sites excluding steroid dienone is 3. The second-order valence-corrected chi connectivity index (χ2v) is 10.9. The molecular weight excluding hydrogens is 344 g/mol. The third-order valence-corrected chi connectivity index (χ3v) is 8.24. The highest BCUT2D eigenvalue weighted by Gasteiger charge is 2.50. The van der Waals surface area contributed by atoms with Gasteiger partial charge in [-0.2, -0.15) is 0 Å². The van der Waals surface area contributed by atoms with E-state index in [9.17, 15) is 10.2 Å². The first-order chi connectivity index (χ1) is 13.3. The van der Waals surface area contributed by atoms with E-state index in [0.717, 1.165) is 36.5 Å². The van der Waals surface area contributed by atoms with Crippen LogP contribution in [0.5, 0.6) is 0 Å². The Morgan fingerprint density at radius 1 is 1.04 bits per heavy atom. The lowest BCUT2D eigenvalue weighted by Crippen LogP contribution is -2.36. The number of aliphatic hydroxyl groups excluding tert-OH is 2. The number of rotatable bonds is 6. The van der Waals surface area contributed by atoms with Crippen LogP contribution in [0.3, 0.4) is 0 Å². The fourth-order valence-electron chi connectivity index (χ4n) is 6.79. The van der Waals surface area contributed by atoms with Gasteiger partial charge in [0.2, 0.25) is 0 Å². The van der Waals surface area contributed by atoms with Crippen molar-refractivity contribution in [2.24, 2.45) is 29.1 Å². The van der Waals surface area contributed by atoms with E-state index in [-0.39, 0.29) is 12.2 Å². The molecule has 3 aliphatic carbocycles. The normalized spacial score (nSPS) is 38.7. The molecule has 0 bridgehead atoms. The van der Waals surface area contributed by atoms with Crippen molar-refractivity contribution >= 4 is 0 Å². The maximum absolute atomic E-state index is 9.96. The van der Waals surface area contributed by atoms with Gasteiger partial charge in [-0.05, 0) is 80.5 Å². The monoisotopic (exact) mass is 388 g/mol. The van der Waals surface area contributed by atoms with Gasteiger partial charge in [-0.25, -0.2) is 0 Å². The van der Waals surface area contributed by atoms with Crippen LogP contribution in [-0.2, 0) is 0 Å². The van der Waals surface area contributed by atoms with E-state index in [1.165, 1.54) is 56.9 Å². The highest BCUT2D eigenvalue weighted by atomic mass is 16.3. The summed E-state index contributed by atoms with van der Waals surface area (Å²) in [5.41, 5.74) is 3.35. The first-order valence-corrected chi connectivity index (χ1v) is 12.0. The van der Waals surface area contributed by atoms with E-state index in [0.29, 0.717) is 11.8 Å². The van der Waals surface area contributed by atoms with Gasteiger partial charge in [0, 0.05) is 0 Å². The SMILES string of the molecule is CC(C)CCC[C@H](C)[C@H]1CC[C@H]2/C(=C/C=C3C[C@@H](O)C[C@H](O)C3)CCC[C@]12C. The minimum atomic E-state index is -0.368. The molecule has 0 aliphatic heterocycles. The molecule has 6 atom stereocenters. The van der Waals surface area contributed by atoms with E-state index in [1.807, 2.05) is 0 Å². The summed E-state index contributed by atoms with van der Waals surface area (Å²) in [6.07, 6.45) is 16.7. The molecule has 0 unspecified atom stereocenters. The molecule has 3 aliphatic rings. The molecule has 0 radical (unpaired) electrons. The molecule has 2 heteroatoms. The van der Waals surface area contributed by atoms with Crippen LogP contribution in [-0.4, -0.2) is 22.4 Å². The molecule has 0 spiro atoms. The Labute approximate surface area is 173 Å². The molecule has 0 saturated heterocycles. The van der Waals surface area contributed by atoms with Gasteiger partial charge in [0.05, 0.1) is 12.2 Å². The maximum Gasteiger partial charge on any atom is 0.0602 e. The molecule has 0 aromatic heterocycles. The molecular formula is C26H44O2. The number of hydrogen-bond acceptors (Lipinski definition) is 2. The lowest BCUT2D eigenvalue weighted by Gasteiger charge is -2.44. The fourth-order valence-corrected chi connectivity index (χ4v) is 6.79. The van der Waals surface area contributed by atoms with E-state index in [2.05, 4.69) is 39.8 Å². The highest BCUT2D eigenvalue weighted by Crippen LogP contribution is 2.59. The maximum atomic E-state index is 9.96. The minimum absolute atomic E-state index is 0.368. The van der Waals surface area contributed by atoms with E-state index in [4.69, 9.17) is 0 Å². The second kappa shape index (κ2) is 9.47. The van der Waals surface area contributed by atoms with Crippen molar-refractivity contribution in [1.82, 2.24) is 0 Å². The van der Waals surface area contributed by atoms with Crippen molar-refractivity contribution in [2.75, 3.05) is 0 Å². The summed E-state index contributed by atoms with van der Waals surface area (Å²) in [6.45, 7) is 9.79. The first-order valence-electron chi connectivity index (χ1n) is 12.0. The van der Waals surface area contributed by atoms with Gasteiger partial charge in [-0.3, -0.25) is 0 Å². The molecule has 0 amide bonds. The Hall–Kier alpha value is -0.600. The smallest absolute Gasteiger partial charge is 0.0602 e. The molecule has 3 saturated carbocycles. The van der Waals surface area contributed by atoms with Crippen molar-refractivity contribution in [1.29, 1.82) is 0 Å². The Morgan fingerprint density at radius 3 is 2.43 bits per heavy atom. The third-order valence-electron chi connectivity index (χ3n) is 8.24. The van der Waals surface area contributed by atoms with Crippen molar-refractivity contribution < 1.29 is 10.2 Å². The summed E-state index contributed by atoms with van der Waals surface area (Å²) < 4.78 is 0. The van der Waals surface area contributed by atoms with Crippen LogP contribution in [0.4, 0.5) is 0 Å².